The molecule has 1 unspecified atom stereocenters. The van der Waals surface area contributed by atoms with Crippen LogP contribution in [0.3, 0.4) is 0 Å². The normalized spacial score (nSPS) is 21.9. The molecule has 2 N–H and O–H groups in total. The SMILES string of the molecule is Cc1ccc(NC(=O)N(CC2CCCNC2)C2CC2)cc1. The molecule has 1 aliphatic heterocycles. The second-order valence-corrected chi connectivity index (χ2v) is 6.39. The van der Waals surface area contributed by atoms with E-state index in [1.54, 1.807) is 0 Å². The average Bonchev–Trinajstić information content (AvgIpc) is 3.33. The van der Waals surface area contributed by atoms with Crippen LogP contribution >= 0.6 is 0 Å². The smallest absolute Gasteiger partial charge is 0.321 e. The van der Waals surface area contributed by atoms with E-state index in [-0.39, 0.29) is 6.03 Å². The Hall–Kier alpha value is -1.55. The van der Waals surface area contributed by atoms with E-state index in [1.807, 2.05) is 24.3 Å². The zero-order chi connectivity index (χ0) is 14.7. The molecule has 1 saturated carbocycles. The van der Waals surface area contributed by atoms with Gasteiger partial charge in [-0.1, -0.05) is 17.7 Å². The summed E-state index contributed by atoms with van der Waals surface area (Å²) >= 11 is 0. The molecule has 114 valence electrons. The summed E-state index contributed by atoms with van der Waals surface area (Å²) < 4.78 is 0. The Labute approximate surface area is 126 Å². The van der Waals surface area contributed by atoms with Crippen molar-refractivity contribution in [1.29, 1.82) is 0 Å². The average molecular weight is 287 g/mol. The van der Waals surface area contributed by atoms with Gasteiger partial charge < -0.3 is 15.5 Å². The number of carbonyl (C=O) groups is 1. The van der Waals surface area contributed by atoms with Gasteiger partial charge in [0, 0.05) is 18.3 Å². The summed E-state index contributed by atoms with van der Waals surface area (Å²) in [5, 5.41) is 6.48. The van der Waals surface area contributed by atoms with Crippen LogP contribution in [0.1, 0.15) is 31.2 Å². The lowest BCUT2D eigenvalue weighted by Crippen LogP contribution is -2.43. The molecule has 21 heavy (non-hydrogen) atoms. The number of aryl methyl sites for hydroxylation is 1. The number of nitrogens with zero attached hydrogens (tertiary/aromatic N) is 1. The third kappa shape index (κ3) is 3.97. The van der Waals surface area contributed by atoms with Crippen molar-refractivity contribution in [2.24, 2.45) is 5.92 Å². The topological polar surface area (TPSA) is 44.4 Å². The number of urea groups is 1. The minimum absolute atomic E-state index is 0.0620. The largest absolute Gasteiger partial charge is 0.322 e. The highest BCUT2D eigenvalue weighted by atomic mass is 16.2. The molecule has 1 aromatic rings. The molecule has 0 aromatic heterocycles. The van der Waals surface area contributed by atoms with E-state index in [0.29, 0.717) is 12.0 Å². The summed E-state index contributed by atoms with van der Waals surface area (Å²) in [6.45, 7) is 5.10. The van der Waals surface area contributed by atoms with Crippen molar-refractivity contribution >= 4 is 11.7 Å². The molecule has 1 aromatic carbocycles. The van der Waals surface area contributed by atoms with Gasteiger partial charge in [-0.05, 0) is 63.7 Å². The molecule has 2 amide bonds. The Bertz CT molecular complexity index is 475. The fraction of sp³-hybridized carbons (Fsp3) is 0.588. The molecule has 3 rings (SSSR count). The summed E-state index contributed by atoms with van der Waals surface area (Å²) in [6.07, 6.45) is 4.76. The molecule has 1 saturated heterocycles. The standard InChI is InChI=1S/C17H25N3O/c1-13-4-6-15(7-5-13)19-17(21)20(16-8-9-16)12-14-3-2-10-18-11-14/h4-7,14,16,18H,2-3,8-12H2,1H3,(H,19,21). The highest BCUT2D eigenvalue weighted by Crippen LogP contribution is 2.29. The van der Waals surface area contributed by atoms with Crippen molar-refractivity contribution in [3.8, 4) is 0 Å². The van der Waals surface area contributed by atoms with E-state index in [2.05, 4.69) is 22.5 Å². The quantitative estimate of drug-likeness (QED) is 0.894. The summed E-state index contributed by atoms with van der Waals surface area (Å²) in [7, 11) is 0. The van der Waals surface area contributed by atoms with Crippen LogP contribution in [-0.4, -0.2) is 36.6 Å². The van der Waals surface area contributed by atoms with Crippen molar-refractivity contribution in [1.82, 2.24) is 10.2 Å². The van der Waals surface area contributed by atoms with Gasteiger partial charge in [0.25, 0.3) is 0 Å². The Balaban J connectivity index is 1.60. The van der Waals surface area contributed by atoms with Gasteiger partial charge in [-0.2, -0.15) is 0 Å². The Kier molecular flexibility index (Phi) is 4.44. The molecular weight excluding hydrogens is 262 g/mol. The zero-order valence-corrected chi connectivity index (χ0v) is 12.8. The number of rotatable bonds is 4. The van der Waals surface area contributed by atoms with E-state index < -0.39 is 0 Å². The molecule has 1 aliphatic carbocycles. The van der Waals surface area contributed by atoms with Crippen LogP contribution in [0.4, 0.5) is 10.5 Å². The number of benzene rings is 1. The molecule has 0 radical (unpaired) electrons. The van der Waals surface area contributed by atoms with E-state index in [0.717, 1.165) is 38.2 Å². The number of hydrogen-bond acceptors (Lipinski definition) is 2. The van der Waals surface area contributed by atoms with Crippen molar-refractivity contribution in [2.45, 2.75) is 38.6 Å². The maximum absolute atomic E-state index is 12.5. The van der Waals surface area contributed by atoms with Crippen LogP contribution in [0.25, 0.3) is 0 Å². The minimum atomic E-state index is 0.0620. The first-order valence-corrected chi connectivity index (χ1v) is 8.07. The van der Waals surface area contributed by atoms with E-state index in [9.17, 15) is 4.79 Å². The van der Waals surface area contributed by atoms with Crippen molar-refractivity contribution in [2.75, 3.05) is 25.0 Å². The Morgan fingerprint density at radius 2 is 2.05 bits per heavy atom. The molecule has 2 aliphatic rings. The predicted molar refractivity (Wildman–Crippen MR) is 85.5 cm³/mol. The molecule has 4 heteroatoms. The van der Waals surface area contributed by atoms with Crippen LogP contribution in [0.2, 0.25) is 0 Å². The zero-order valence-electron chi connectivity index (χ0n) is 12.8. The minimum Gasteiger partial charge on any atom is -0.321 e. The second-order valence-electron chi connectivity index (χ2n) is 6.39. The van der Waals surface area contributed by atoms with Gasteiger partial charge in [0.1, 0.15) is 0 Å². The fourth-order valence-electron chi connectivity index (χ4n) is 2.97. The second kappa shape index (κ2) is 6.48. The summed E-state index contributed by atoms with van der Waals surface area (Å²) in [6, 6.07) is 8.52. The first-order valence-electron chi connectivity index (χ1n) is 8.07. The number of amides is 2. The summed E-state index contributed by atoms with van der Waals surface area (Å²) in [4.78, 5) is 14.6. The van der Waals surface area contributed by atoms with Gasteiger partial charge >= 0.3 is 6.03 Å². The highest BCUT2D eigenvalue weighted by Gasteiger charge is 2.34. The van der Waals surface area contributed by atoms with Gasteiger partial charge in [-0.25, -0.2) is 4.79 Å². The number of piperidine rings is 1. The van der Waals surface area contributed by atoms with Crippen LogP contribution in [0.15, 0.2) is 24.3 Å². The van der Waals surface area contributed by atoms with Crippen molar-refractivity contribution in [3.63, 3.8) is 0 Å². The summed E-state index contributed by atoms with van der Waals surface area (Å²) in [5.74, 6) is 0.600. The van der Waals surface area contributed by atoms with Crippen molar-refractivity contribution < 1.29 is 4.79 Å². The van der Waals surface area contributed by atoms with Gasteiger partial charge in [-0.3, -0.25) is 0 Å². The van der Waals surface area contributed by atoms with Gasteiger partial charge in [0.15, 0.2) is 0 Å². The Morgan fingerprint density at radius 1 is 1.29 bits per heavy atom. The monoisotopic (exact) mass is 287 g/mol. The number of anilines is 1. The van der Waals surface area contributed by atoms with E-state index in [1.165, 1.54) is 18.4 Å². The van der Waals surface area contributed by atoms with Gasteiger partial charge in [-0.15, -0.1) is 0 Å². The molecule has 0 spiro atoms. The molecular formula is C17H25N3O. The molecule has 1 heterocycles. The molecule has 2 fully saturated rings. The lowest BCUT2D eigenvalue weighted by Gasteiger charge is -2.30. The number of hydrogen-bond donors (Lipinski definition) is 2. The fourth-order valence-corrected chi connectivity index (χ4v) is 2.97. The lowest BCUT2D eigenvalue weighted by molar-refractivity contribution is 0.190. The van der Waals surface area contributed by atoms with E-state index in [4.69, 9.17) is 0 Å². The third-order valence-corrected chi connectivity index (χ3v) is 4.41. The van der Waals surface area contributed by atoms with Gasteiger partial charge in [0.2, 0.25) is 0 Å². The predicted octanol–water partition coefficient (Wildman–Crippen LogP) is 2.99. The highest BCUT2D eigenvalue weighted by molar-refractivity contribution is 5.89. The third-order valence-electron chi connectivity index (χ3n) is 4.41. The first kappa shape index (κ1) is 14.4. The Morgan fingerprint density at radius 3 is 2.67 bits per heavy atom. The number of carbonyl (C=O) groups excluding carboxylic acids is 1. The van der Waals surface area contributed by atoms with E-state index >= 15 is 0 Å². The molecule has 4 nitrogen and oxygen atoms in total. The van der Waals surface area contributed by atoms with Gasteiger partial charge in [0.05, 0.1) is 0 Å². The molecule has 0 bridgehead atoms. The van der Waals surface area contributed by atoms with Crippen molar-refractivity contribution in [3.05, 3.63) is 29.8 Å². The lowest BCUT2D eigenvalue weighted by atomic mass is 9.99. The van der Waals surface area contributed by atoms with Crippen LogP contribution in [-0.2, 0) is 0 Å². The van der Waals surface area contributed by atoms with Crippen LogP contribution in [0.5, 0.6) is 0 Å². The first-order chi connectivity index (χ1) is 10.2. The van der Waals surface area contributed by atoms with Crippen LogP contribution < -0.4 is 10.6 Å². The maximum Gasteiger partial charge on any atom is 0.322 e. The maximum atomic E-state index is 12.5. The summed E-state index contributed by atoms with van der Waals surface area (Å²) in [5.41, 5.74) is 2.10. The van der Waals surface area contributed by atoms with Crippen LogP contribution in [0, 0.1) is 12.8 Å². The number of nitrogens with one attached hydrogen (secondary N) is 2. The molecule has 1 atom stereocenters.